The first-order valence-corrected chi connectivity index (χ1v) is 3.62. The predicted molar refractivity (Wildman–Crippen MR) is 45.8 cm³/mol. The smallest absolute Gasteiger partial charge is 0.336 e. The van der Waals surface area contributed by atoms with Gasteiger partial charge in [0.2, 0.25) is 0 Å². The molecule has 1 aromatic heterocycles. The molecule has 4 nitrogen and oxygen atoms in total. The molecule has 0 saturated carbocycles. The van der Waals surface area contributed by atoms with Crippen molar-refractivity contribution in [2.45, 2.75) is 0 Å². The van der Waals surface area contributed by atoms with E-state index in [1.807, 2.05) is 0 Å². The summed E-state index contributed by atoms with van der Waals surface area (Å²) in [6.45, 7) is 0. The Bertz CT molecular complexity index is 512. The molecule has 2 rings (SSSR count). The standard InChI is InChI=1S/C9H6O4/c10-5-3-7(11)6-1-2-9(12)13-8(6)4-5/h1-4,10-11H. The van der Waals surface area contributed by atoms with Gasteiger partial charge in [0.1, 0.15) is 17.1 Å². The van der Waals surface area contributed by atoms with Crippen LogP contribution in [-0.2, 0) is 0 Å². The van der Waals surface area contributed by atoms with Gasteiger partial charge in [-0.25, -0.2) is 4.79 Å². The molecule has 2 N–H and O–H groups in total. The Labute approximate surface area is 72.7 Å². The molecule has 0 bridgehead atoms. The van der Waals surface area contributed by atoms with Crippen LogP contribution in [0.1, 0.15) is 0 Å². The number of phenols is 2. The van der Waals surface area contributed by atoms with E-state index in [9.17, 15) is 9.90 Å². The Balaban J connectivity index is 2.94. The second-order valence-corrected chi connectivity index (χ2v) is 2.63. The van der Waals surface area contributed by atoms with Gasteiger partial charge in [0, 0.05) is 18.2 Å². The lowest BCUT2D eigenvalue weighted by Gasteiger charge is -1.99. The highest BCUT2D eigenvalue weighted by Gasteiger charge is 2.04. The van der Waals surface area contributed by atoms with Crippen LogP contribution in [-0.4, -0.2) is 10.2 Å². The van der Waals surface area contributed by atoms with E-state index in [0.29, 0.717) is 5.39 Å². The Hall–Kier alpha value is -1.97. The van der Waals surface area contributed by atoms with E-state index in [-0.39, 0.29) is 17.1 Å². The van der Waals surface area contributed by atoms with E-state index in [2.05, 4.69) is 0 Å². The molecule has 0 aliphatic heterocycles. The Kier molecular flexibility index (Phi) is 1.48. The molecule has 2 aromatic rings. The van der Waals surface area contributed by atoms with Crippen molar-refractivity contribution in [3.05, 3.63) is 34.7 Å². The van der Waals surface area contributed by atoms with Crippen LogP contribution in [0.4, 0.5) is 0 Å². The molecule has 4 heteroatoms. The number of aromatic hydroxyl groups is 2. The third kappa shape index (κ3) is 1.22. The van der Waals surface area contributed by atoms with Crippen molar-refractivity contribution < 1.29 is 14.6 Å². The third-order valence-electron chi connectivity index (χ3n) is 1.70. The topological polar surface area (TPSA) is 70.7 Å². The summed E-state index contributed by atoms with van der Waals surface area (Å²) in [6.07, 6.45) is 0. The highest BCUT2D eigenvalue weighted by molar-refractivity contribution is 5.84. The summed E-state index contributed by atoms with van der Waals surface area (Å²) in [5.41, 5.74) is -0.345. The number of hydrogen-bond acceptors (Lipinski definition) is 4. The summed E-state index contributed by atoms with van der Waals surface area (Å²) in [4.78, 5) is 10.8. The van der Waals surface area contributed by atoms with Crippen LogP contribution in [0.3, 0.4) is 0 Å². The molecular formula is C9H6O4. The molecule has 0 aliphatic rings. The van der Waals surface area contributed by atoms with Crippen molar-refractivity contribution in [1.82, 2.24) is 0 Å². The van der Waals surface area contributed by atoms with E-state index in [4.69, 9.17) is 9.52 Å². The first-order valence-electron chi connectivity index (χ1n) is 3.62. The highest BCUT2D eigenvalue weighted by Crippen LogP contribution is 2.28. The van der Waals surface area contributed by atoms with Gasteiger partial charge in [-0.05, 0) is 6.07 Å². The quantitative estimate of drug-likeness (QED) is 0.594. The zero-order valence-electron chi connectivity index (χ0n) is 6.52. The second kappa shape index (κ2) is 2.52. The zero-order valence-corrected chi connectivity index (χ0v) is 6.52. The molecule has 66 valence electrons. The van der Waals surface area contributed by atoms with Crippen LogP contribution < -0.4 is 5.63 Å². The molecule has 0 amide bonds. The second-order valence-electron chi connectivity index (χ2n) is 2.63. The van der Waals surface area contributed by atoms with Crippen LogP contribution in [0, 0.1) is 0 Å². The number of rotatable bonds is 0. The minimum absolute atomic E-state index is 0.112. The molecular weight excluding hydrogens is 172 g/mol. The maximum atomic E-state index is 10.8. The summed E-state index contributed by atoms with van der Waals surface area (Å²) in [5.74, 6) is -0.252. The van der Waals surface area contributed by atoms with Crippen LogP contribution in [0.2, 0.25) is 0 Å². The summed E-state index contributed by atoms with van der Waals surface area (Å²) >= 11 is 0. The number of hydrogen-bond donors (Lipinski definition) is 2. The van der Waals surface area contributed by atoms with E-state index >= 15 is 0 Å². The molecule has 0 atom stereocenters. The van der Waals surface area contributed by atoms with Gasteiger partial charge in [-0.15, -0.1) is 0 Å². The summed E-state index contributed by atoms with van der Waals surface area (Å²) < 4.78 is 4.75. The lowest BCUT2D eigenvalue weighted by atomic mass is 10.2. The van der Waals surface area contributed by atoms with Crippen molar-refractivity contribution in [2.75, 3.05) is 0 Å². The molecule has 0 unspecified atom stereocenters. The summed E-state index contributed by atoms with van der Waals surface area (Å²) in [6, 6.07) is 5.10. The number of phenolic OH excluding ortho intramolecular Hbond substituents is 2. The average Bonchev–Trinajstić information content (AvgIpc) is 2.02. The Morgan fingerprint density at radius 1 is 1.15 bits per heavy atom. The lowest BCUT2D eigenvalue weighted by Crippen LogP contribution is -1.93. The first-order chi connectivity index (χ1) is 6.16. The van der Waals surface area contributed by atoms with E-state index < -0.39 is 5.63 Å². The molecule has 0 spiro atoms. The van der Waals surface area contributed by atoms with Crippen LogP contribution >= 0.6 is 0 Å². The largest absolute Gasteiger partial charge is 0.508 e. The maximum Gasteiger partial charge on any atom is 0.336 e. The van der Waals surface area contributed by atoms with Crippen molar-refractivity contribution >= 4 is 11.0 Å². The molecule has 0 aliphatic carbocycles. The first kappa shape index (κ1) is 7.67. The zero-order chi connectivity index (χ0) is 9.42. The number of benzene rings is 1. The third-order valence-corrected chi connectivity index (χ3v) is 1.70. The van der Waals surface area contributed by atoms with Gasteiger partial charge >= 0.3 is 5.63 Å². The molecule has 0 saturated heterocycles. The molecule has 1 heterocycles. The maximum absolute atomic E-state index is 10.8. The summed E-state index contributed by atoms with van der Waals surface area (Å²) in [7, 11) is 0. The molecule has 0 radical (unpaired) electrons. The van der Waals surface area contributed by atoms with Crippen molar-refractivity contribution in [2.24, 2.45) is 0 Å². The normalized spacial score (nSPS) is 10.5. The fourth-order valence-corrected chi connectivity index (χ4v) is 1.14. The van der Waals surface area contributed by atoms with Crippen molar-refractivity contribution in [3.63, 3.8) is 0 Å². The van der Waals surface area contributed by atoms with Crippen LogP contribution in [0.25, 0.3) is 11.0 Å². The van der Waals surface area contributed by atoms with Gasteiger partial charge in [0.15, 0.2) is 0 Å². The lowest BCUT2D eigenvalue weighted by molar-refractivity contribution is 0.451. The molecule has 1 aromatic carbocycles. The van der Waals surface area contributed by atoms with Crippen LogP contribution in [0.15, 0.2) is 33.5 Å². The molecule has 13 heavy (non-hydrogen) atoms. The average molecular weight is 178 g/mol. The minimum atomic E-state index is -0.516. The predicted octanol–water partition coefficient (Wildman–Crippen LogP) is 1.20. The highest BCUT2D eigenvalue weighted by atomic mass is 16.4. The van der Waals surface area contributed by atoms with Crippen molar-refractivity contribution in [1.29, 1.82) is 0 Å². The van der Waals surface area contributed by atoms with Gasteiger partial charge in [0.05, 0.1) is 5.39 Å². The van der Waals surface area contributed by atoms with Gasteiger partial charge in [0.25, 0.3) is 0 Å². The van der Waals surface area contributed by atoms with E-state index in [1.54, 1.807) is 0 Å². The van der Waals surface area contributed by atoms with Gasteiger partial charge < -0.3 is 14.6 Å². The Morgan fingerprint density at radius 3 is 2.69 bits per heavy atom. The van der Waals surface area contributed by atoms with E-state index in [1.165, 1.54) is 24.3 Å². The fourth-order valence-electron chi connectivity index (χ4n) is 1.14. The number of fused-ring (bicyclic) bond motifs is 1. The van der Waals surface area contributed by atoms with Gasteiger partial charge in [-0.3, -0.25) is 0 Å². The Morgan fingerprint density at radius 2 is 1.92 bits per heavy atom. The van der Waals surface area contributed by atoms with Crippen molar-refractivity contribution in [3.8, 4) is 11.5 Å². The van der Waals surface area contributed by atoms with E-state index in [0.717, 1.165) is 0 Å². The molecule has 0 fully saturated rings. The SMILES string of the molecule is O=c1ccc2c(O)cc(O)cc2o1. The monoisotopic (exact) mass is 178 g/mol. The minimum Gasteiger partial charge on any atom is -0.508 e. The fraction of sp³-hybridized carbons (Fsp3) is 0. The summed E-state index contributed by atoms with van der Waals surface area (Å²) in [5, 5.41) is 18.8. The van der Waals surface area contributed by atoms with Gasteiger partial charge in [-0.1, -0.05) is 0 Å². The van der Waals surface area contributed by atoms with Crippen LogP contribution in [0.5, 0.6) is 11.5 Å². The van der Waals surface area contributed by atoms with Gasteiger partial charge in [-0.2, -0.15) is 0 Å².